The first-order chi connectivity index (χ1) is 62.0. The Balaban J connectivity index is 0.000000154. The van der Waals surface area contributed by atoms with Crippen molar-refractivity contribution in [3.05, 3.63) is 425 Å². The zero-order valence-corrected chi connectivity index (χ0v) is 70.9. The number of para-hydroxylation sites is 6. The van der Waals surface area contributed by atoms with Gasteiger partial charge in [0.25, 0.3) is 29.5 Å². The number of halogens is 2. The average molecular weight is 1720 g/mol. The van der Waals surface area contributed by atoms with Crippen LogP contribution in [0.4, 0.5) is 32.8 Å². The maximum atomic E-state index is 14.0. The summed E-state index contributed by atoms with van der Waals surface area (Å²) in [5.41, 5.74) is 11.8. The quantitative estimate of drug-likeness (QED) is 0.0291. The number of benzene rings is 10. The molecule has 0 aliphatic carbocycles. The van der Waals surface area contributed by atoms with Crippen LogP contribution in [0.1, 0.15) is 90.7 Å². The van der Waals surface area contributed by atoms with Crippen LogP contribution in [0.5, 0.6) is 51.7 Å². The molecule has 15 rings (SSSR count). The third-order valence-electron chi connectivity index (χ3n) is 18.5. The molecule has 0 unspecified atom stereocenters. The van der Waals surface area contributed by atoms with Crippen LogP contribution in [0, 0.1) is 19.7 Å². The molecule has 642 valence electrons. The van der Waals surface area contributed by atoms with Crippen molar-refractivity contribution in [2.45, 2.75) is 46.9 Å². The number of pyridine rings is 5. The van der Waals surface area contributed by atoms with Crippen LogP contribution in [0.2, 0.25) is 5.02 Å². The molecule has 0 saturated carbocycles. The van der Waals surface area contributed by atoms with Gasteiger partial charge in [-0.1, -0.05) is 138 Å². The van der Waals surface area contributed by atoms with Gasteiger partial charge in [0.2, 0.25) is 0 Å². The predicted octanol–water partition coefficient (Wildman–Crippen LogP) is 21.0. The van der Waals surface area contributed by atoms with Gasteiger partial charge in [-0.15, -0.1) is 0 Å². The van der Waals surface area contributed by atoms with Crippen molar-refractivity contribution in [2.75, 3.05) is 55.0 Å². The smallest absolute Gasteiger partial charge is 0.259 e. The molecule has 0 radical (unpaired) electrons. The van der Waals surface area contributed by atoms with Crippen molar-refractivity contribution in [3.8, 4) is 51.7 Å². The zero-order valence-electron chi connectivity index (χ0n) is 70.2. The van der Waals surface area contributed by atoms with Gasteiger partial charge in [-0.3, -0.25) is 48.9 Å². The second kappa shape index (κ2) is 48.4. The lowest BCUT2D eigenvalue weighted by Gasteiger charge is -2.14. The summed E-state index contributed by atoms with van der Waals surface area (Å²) in [4.78, 5) is 82.6. The second-order valence-electron chi connectivity index (χ2n) is 27.4. The van der Waals surface area contributed by atoms with Crippen molar-refractivity contribution >= 4 is 69.6 Å². The van der Waals surface area contributed by atoms with E-state index in [0.29, 0.717) is 122 Å². The third-order valence-corrected chi connectivity index (χ3v) is 18.8. The van der Waals surface area contributed by atoms with Crippen molar-refractivity contribution in [1.29, 1.82) is 0 Å². The van der Waals surface area contributed by atoms with Gasteiger partial charge in [0.15, 0.2) is 0 Å². The number of rotatable bonds is 29. The summed E-state index contributed by atoms with van der Waals surface area (Å²) >= 11 is 5.77. The molecule has 5 heterocycles. The number of nitrogens with zero attached hydrogens (tertiary/aromatic N) is 5. The Bertz CT molecular complexity index is 6000. The number of carbonyl (C=O) groups is 5. The summed E-state index contributed by atoms with van der Waals surface area (Å²) in [5, 5.41) is 14.0. The molecular formula is C101H90ClFN10O14. The molecule has 15 aromatic rings. The SMILES string of the molecule is COc1ccc(OC)c(COc2ccccc2C(=O)Nc2cccnc2)c1.COc1cccc(COc2ccccc2C(=O)Nc2cccnc2)c1.COc1ccccc1COc1ccccc1C(=O)Nc1cccnc1.Cc1ccc(C)c(COc2ccccc2C(=O)Nc2cccnc2)c1.O=C(Nc1cccnc1)c1ccccc1OCc1cccc(Cl)c1F. The molecule has 0 spiro atoms. The van der Waals surface area contributed by atoms with E-state index < -0.39 is 5.82 Å². The van der Waals surface area contributed by atoms with Gasteiger partial charge < -0.3 is 69.2 Å². The number of carbonyl (C=O) groups excluding carboxylic acids is 5. The molecule has 127 heavy (non-hydrogen) atoms. The Kier molecular flexibility index (Phi) is 34.8. The molecule has 5 aromatic heterocycles. The van der Waals surface area contributed by atoms with Crippen LogP contribution in [-0.4, -0.2) is 82.9 Å². The summed E-state index contributed by atoms with van der Waals surface area (Å²) in [5.74, 6) is 3.49. The van der Waals surface area contributed by atoms with E-state index in [2.05, 4.69) is 83.6 Å². The van der Waals surface area contributed by atoms with E-state index in [1.165, 1.54) is 17.2 Å². The summed E-state index contributed by atoms with van der Waals surface area (Å²) < 4.78 is 64.3. The third kappa shape index (κ3) is 28.1. The number of aryl methyl sites for hydroxylation is 2. The minimum atomic E-state index is -0.526. The highest BCUT2D eigenvalue weighted by molar-refractivity contribution is 6.30. The number of hydrogen-bond acceptors (Lipinski definition) is 19. The molecule has 5 N–H and O–H groups in total. The number of hydrogen-bond donors (Lipinski definition) is 5. The van der Waals surface area contributed by atoms with Crippen molar-refractivity contribution in [1.82, 2.24) is 24.9 Å². The standard InChI is InChI=1S/C21H20N2O4.C21H20N2O2.2C20H18N2O3.C19H14ClFN2O2/c1-25-17-9-10-19(26-2)15(12-17)14-27-20-8-4-3-7-18(20)21(24)23-16-6-5-11-22-13-16;1-15-9-10-16(2)17(12-15)14-25-20-8-4-3-7-19(20)21(24)23-18-6-5-11-22-13-18;1-24-18-10-4-2-7-15(18)14-25-19-11-5-3-9-17(19)20(23)22-16-8-6-12-21-13-16;1-24-17-8-4-6-15(12-17)14-25-19-10-3-2-9-18(19)20(23)22-16-7-5-11-21-13-16;20-16-8-3-5-13(18(16)21)12-25-17-9-2-1-7-15(17)19(24)23-14-6-4-10-22-11-14/h3-13H,14H2,1-2H3,(H,23,24);3-13H,14H2,1-2H3,(H,23,24);2*2-13H,14H2,1H3,(H,22,23);1-11H,12H2,(H,23,24). The number of methoxy groups -OCH3 is 4. The predicted molar refractivity (Wildman–Crippen MR) is 488 cm³/mol. The van der Waals surface area contributed by atoms with E-state index in [4.69, 9.17) is 54.2 Å². The van der Waals surface area contributed by atoms with Gasteiger partial charge in [-0.2, -0.15) is 0 Å². The van der Waals surface area contributed by atoms with E-state index in [1.807, 2.05) is 103 Å². The molecule has 0 aliphatic rings. The topological polar surface area (TPSA) is 293 Å². The van der Waals surface area contributed by atoms with Gasteiger partial charge in [0.1, 0.15) is 90.6 Å². The fourth-order valence-electron chi connectivity index (χ4n) is 12.1. The Labute approximate surface area is 739 Å². The highest BCUT2D eigenvalue weighted by Crippen LogP contribution is 2.31. The van der Waals surface area contributed by atoms with Crippen molar-refractivity contribution in [3.63, 3.8) is 0 Å². The first-order valence-electron chi connectivity index (χ1n) is 39.6. The zero-order chi connectivity index (χ0) is 89.3. The number of amides is 5. The summed E-state index contributed by atoms with van der Waals surface area (Å²) in [6, 6.07) is 84.7. The fourth-order valence-corrected chi connectivity index (χ4v) is 12.2. The molecule has 0 aliphatic heterocycles. The van der Waals surface area contributed by atoms with Crippen LogP contribution in [0.25, 0.3) is 0 Å². The van der Waals surface area contributed by atoms with Crippen LogP contribution in [-0.2, 0) is 33.0 Å². The molecule has 0 saturated heterocycles. The Morgan fingerprint density at radius 3 is 0.992 bits per heavy atom. The van der Waals surface area contributed by atoms with E-state index in [9.17, 15) is 28.4 Å². The summed E-state index contributed by atoms with van der Waals surface area (Å²) in [7, 11) is 6.44. The maximum Gasteiger partial charge on any atom is 0.259 e. The second-order valence-corrected chi connectivity index (χ2v) is 27.8. The monoisotopic (exact) mass is 1720 g/mol. The van der Waals surface area contributed by atoms with Crippen LogP contribution >= 0.6 is 11.6 Å². The van der Waals surface area contributed by atoms with Crippen molar-refractivity contribution < 1.29 is 71.0 Å². The maximum absolute atomic E-state index is 14.0. The largest absolute Gasteiger partial charge is 0.497 e. The average Bonchev–Trinajstić information content (AvgIpc) is 0.724. The van der Waals surface area contributed by atoms with Gasteiger partial charge in [-0.05, 0) is 194 Å². The minimum Gasteiger partial charge on any atom is -0.497 e. The molecule has 26 heteroatoms. The number of anilines is 5. The molecular weight excluding hydrogens is 1630 g/mol. The first-order valence-corrected chi connectivity index (χ1v) is 40.0. The van der Waals surface area contributed by atoms with E-state index in [0.717, 1.165) is 33.8 Å². The van der Waals surface area contributed by atoms with Gasteiger partial charge in [0.05, 0.1) is 121 Å². The molecule has 10 aromatic carbocycles. The first kappa shape index (κ1) is 91.5. The Morgan fingerprint density at radius 2 is 0.614 bits per heavy atom. The van der Waals surface area contributed by atoms with Crippen LogP contribution < -0.4 is 69.2 Å². The Hall–Kier alpha value is -16.3. The molecule has 5 amide bonds. The molecule has 0 bridgehead atoms. The fraction of sp³-hybridized carbons (Fsp3) is 0.109. The lowest BCUT2D eigenvalue weighted by molar-refractivity contribution is 0.101. The normalized spacial score (nSPS) is 10.2. The van der Waals surface area contributed by atoms with E-state index in [1.54, 1.807) is 248 Å². The lowest BCUT2D eigenvalue weighted by atomic mass is 10.1. The molecule has 24 nitrogen and oxygen atoms in total. The summed E-state index contributed by atoms with van der Waals surface area (Å²) in [6.45, 7) is 5.37. The molecule has 0 atom stereocenters. The number of ether oxygens (including phenoxy) is 9. The van der Waals surface area contributed by atoms with Gasteiger partial charge >= 0.3 is 0 Å². The summed E-state index contributed by atoms with van der Waals surface area (Å²) in [6.07, 6.45) is 16.2. The minimum absolute atomic E-state index is 0.0312. The van der Waals surface area contributed by atoms with E-state index >= 15 is 0 Å². The highest BCUT2D eigenvalue weighted by Gasteiger charge is 2.20. The number of aromatic nitrogens is 5. The van der Waals surface area contributed by atoms with E-state index in [-0.39, 0.29) is 47.8 Å². The molecule has 0 fully saturated rings. The van der Waals surface area contributed by atoms with Crippen LogP contribution in [0.15, 0.2) is 347 Å². The van der Waals surface area contributed by atoms with Crippen LogP contribution in [0.3, 0.4) is 0 Å². The van der Waals surface area contributed by atoms with Gasteiger partial charge in [0, 0.05) is 47.7 Å². The van der Waals surface area contributed by atoms with Gasteiger partial charge in [-0.25, -0.2) is 4.39 Å². The number of nitrogens with one attached hydrogen (secondary N) is 5. The Morgan fingerprint density at radius 1 is 0.291 bits per heavy atom. The highest BCUT2D eigenvalue weighted by atomic mass is 35.5. The lowest BCUT2D eigenvalue weighted by Crippen LogP contribution is -2.14. The van der Waals surface area contributed by atoms with Crippen molar-refractivity contribution in [2.24, 2.45) is 0 Å².